The monoisotopic (exact) mass is 285 g/mol. The van der Waals surface area contributed by atoms with Crippen LogP contribution in [0.1, 0.15) is 46.0 Å². The van der Waals surface area contributed by atoms with Crippen molar-refractivity contribution in [2.24, 2.45) is 0 Å². The van der Waals surface area contributed by atoms with E-state index >= 15 is 0 Å². The Balaban J connectivity index is 0. The Labute approximate surface area is 116 Å². The van der Waals surface area contributed by atoms with Gasteiger partial charge in [0.1, 0.15) is 11.4 Å². The summed E-state index contributed by atoms with van der Waals surface area (Å²) in [7, 11) is -3.44. The van der Waals surface area contributed by atoms with Gasteiger partial charge in [-0.1, -0.05) is 45.6 Å². The van der Waals surface area contributed by atoms with Gasteiger partial charge in [-0.3, -0.25) is 0 Å². The normalized spacial score (nSPS) is 9.79. The molecule has 0 aliphatic heterocycles. The highest BCUT2D eigenvalue weighted by molar-refractivity contribution is 7.89. The van der Waals surface area contributed by atoms with Crippen LogP contribution in [0, 0.1) is 0 Å². The Morgan fingerprint density at radius 3 is 2.16 bits per heavy atom. The predicted molar refractivity (Wildman–Crippen MR) is 81.3 cm³/mol. The molecule has 19 heavy (non-hydrogen) atoms. The summed E-state index contributed by atoms with van der Waals surface area (Å²) in [4.78, 5) is 0. The van der Waals surface area contributed by atoms with Gasteiger partial charge < -0.3 is 0 Å². The Morgan fingerprint density at radius 1 is 1.26 bits per heavy atom. The Bertz CT molecular complexity index is 536. The fourth-order valence-electron chi connectivity index (χ4n) is 1.03. The molecule has 1 aromatic rings. The molecule has 5 nitrogen and oxygen atoms in total. The third-order valence-electron chi connectivity index (χ3n) is 1.58. The lowest BCUT2D eigenvalue weighted by molar-refractivity contribution is 0.583. The zero-order valence-corrected chi connectivity index (χ0v) is 13.3. The fraction of sp³-hybridized carbons (Fsp3) is 0.462. The first kappa shape index (κ1) is 19.7. The molecule has 1 rings (SSSR count). The number of rotatable bonds is 3. The zero-order chi connectivity index (χ0) is 15.5. The molecule has 0 atom stereocenters. The van der Waals surface area contributed by atoms with Crippen LogP contribution in [0.2, 0.25) is 0 Å². The second-order valence-electron chi connectivity index (χ2n) is 2.81. The lowest BCUT2D eigenvalue weighted by Gasteiger charge is -1.98. The second kappa shape index (κ2) is 10.3. The highest BCUT2D eigenvalue weighted by Gasteiger charge is 2.15. The zero-order valence-electron chi connectivity index (χ0n) is 12.5. The molecule has 0 aliphatic carbocycles. The van der Waals surface area contributed by atoms with Crippen molar-refractivity contribution in [3.63, 3.8) is 0 Å². The summed E-state index contributed by atoms with van der Waals surface area (Å²) >= 11 is 0. The SMILES string of the molecule is C=C=Cc1c(/C=C\C)nnn1S(C)(=O)=O.CC.CC. The maximum Gasteiger partial charge on any atom is 0.252 e. The topological polar surface area (TPSA) is 64.8 Å². The average Bonchev–Trinajstić information content (AvgIpc) is 2.78. The minimum absolute atomic E-state index is 0.352. The Kier molecular flexibility index (Phi) is 10.7. The molecule has 0 aromatic carbocycles. The number of aromatic nitrogens is 3. The predicted octanol–water partition coefficient (Wildman–Crippen LogP) is 2.97. The molecule has 0 fully saturated rings. The van der Waals surface area contributed by atoms with Gasteiger partial charge in [0.05, 0.1) is 6.26 Å². The first-order valence-corrected chi connectivity index (χ1v) is 8.00. The van der Waals surface area contributed by atoms with Gasteiger partial charge in [-0.25, -0.2) is 8.42 Å². The smallest absolute Gasteiger partial charge is 0.205 e. The van der Waals surface area contributed by atoms with Gasteiger partial charge in [0.25, 0.3) is 10.0 Å². The van der Waals surface area contributed by atoms with Crippen LogP contribution in [0.4, 0.5) is 0 Å². The molecule has 0 amide bonds. The third-order valence-corrected chi connectivity index (χ3v) is 2.48. The van der Waals surface area contributed by atoms with Crippen LogP contribution in [0.25, 0.3) is 12.2 Å². The highest BCUT2D eigenvalue weighted by atomic mass is 32.2. The van der Waals surface area contributed by atoms with Gasteiger partial charge in [0.2, 0.25) is 0 Å². The van der Waals surface area contributed by atoms with Crippen LogP contribution in [0.5, 0.6) is 0 Å². The molecule has 0 spiro atoms. The van der Waals surface area contributed by atoms with E-state index in [1.807, 2.05) is 27.7 Å². The molecule has 6 heteroatoms. The first-order valence-electron chi connectivity index (χ1n) is 6.15. The van der Waals surface area contributed by atoms with E-state index < -0.39 is 10.0 Å². The minimum Gasteiger partial charge on any atom is -0.205 e. The summed E-state index contributed by atoms with van der Waals surface area (Å²) < 4.78 is 23.5. The molecule has 108 valence electrons. The van der Waals surface area contributed by atoms with Crippen molar-refractivity contribution in [1.29, 1.82) is 0 Å². The maximum atomic E-state index is 11.3. The van der Waals surface area contributed by atoms with Gasteiger partial charge in [-0.2, -0.15) is 0 Å². The molecular formula is C13H23N3O2S. The molecular weight excluding hydrogens is 262 g/mol. The van der Waals surface area contributed by atoms with Crippen LogP contribution < -0.4 is 0 Å². The number of hydrogen-bond donors (Lipinski definition) is 0. The maximum absolute atomic E-state index is 11.3. The average molecular weight is 285 g/mol. The number of hydrogen-bond acceptors (Lipinski definition) is 4. The van der Waals surface area contributed by atoms with Crippen LogP contribution in [0.3, 0.4) is 0 Å². The first-order chi connectivity index (χ1) is 9.00. The van der Waals surface area contributed by atoms with Crippen molar-refractivity contribution < 1.29 is 8.42 Å². The highest BCUT2D eigenvalue weighted by Crippen LogP contribution is 2.10. The number of allylic oxidation sites excluding steroid dienone is 1. The molecule has 0 radical (unpaired) electrons. The second-order valence-corrected chi connectivity index (χ2v) is 4.63. The minimum atomic E-state index is -3.44. The summed E-state index contributed by atoms with van der Waals surface area (Å²) in [5.74, 6) is 0. The van der Waals surface area contributed by atoms with E-state index in [1.165, 1.54) is 6.08 Å². The molecule has 1 aromatic heterocycles. The fourth-order valence-corrected chi connectivity index (χ4v) is 1.71. The third kappa shape index (κ3) is 6.18. The Morgan fingerprint density at radius 2 is 1.79 bits per heavy atom. The van der Waals surface area contributed by atoms with E-state index in [4.69, 9.17) is 0 Å². The molecule has 0 unspecified atom stereocenters. The summed E-state index contributed by atoms with van der Waals surface area (Å²) in [5.41, 5.74) is 3.33. The molecule has 0 N–H and O–H groups in total. The molecule has 1 heterocycles. The van der Waals surface area contributed by atoms with Crippen molar-refractivity contribution >= 4 is 22.2 Å². The van der Waals surface area contributed by atoms with Gasteiger partial charge in [-0.05, 0) is 13.0 Å². The van der Waals surface area contributed by atoms with Gasteiger partial charge >= 0.3 is 0 Å². The van der Waals surface area contributed by atoms with Crippen molar-refractivity contribution in [3.05, 3.63) is 29.8 Å². The van der Waals surface area contributed by atoms with Crippen LogP contribution in [0.15, 0.2) is 18.4 Å². The summed E-state index contributed by atoms with van der Waals surface area (Å²) in [6.45, 7) is 13.2. The standard InChI is InChI=1S/C9H11N3O2S.2C2H6/c1-4-6-8-9(7-5-2)12(11-10-8)15(3,13)14;2*1-2/h4,6-7H,2H2,1,3H3;2*1-2H3/b6-4-;;. The van der Waals surface area contributed by atoms with Crippen LogP contribution >= 0.6 is 0 Å². The molecule has 0 saturated heterocycles. The molecule has 0 saturated carbocycles. The van der Waals surface area contributed by atoms with E-state index in [-0.39, 0.29) is 0 Å². The van der Waals surface area contributed by atoms with Crippen LogP contribution in [-0.2, 0) is 10.0 Å². The van der Waals surface area contributed by atoms with Gasteiger partial charge in [0.15, 0.2) is 0 Å². The molecule has 0 bridgehead atoms. The van der Waals surface area contributed by atoms with E-state index in [0.29, 0.717) is 11.4 Å². The summed E-state index contributed by atoms with van der Waals surface area (Å²) in [6, 6.07) is 0. The summed E-state index contributed by atoms with van der Waals surface area (Å²) in [6.07, 6.45) is 5.90. The lowest BCUT2D eigenvalue weighted by atomic mass is 10.3. The van der Waals surface area contributed by atoms with Crippen molar-refractivity contribution in [1.82, 2.24) is 14.4 Å². The van der Waals surface area contributed by atoms with Crippen LogP contribution in [-0.4, -0.2) is 29.1 Å². The van der Waals surface area contributed by atoms with Crippen molar-refractivity contribution in [2.75, 3.05) is 6.26 Å². The van der Waals surface area contributed by atoms with E-state index in [2.05, 4.69) is 22.6 Å². The van der Waals surface area contributed by atoms with E-state index in [9.17, 15) is 8.42 Å². The van der Waals surface area contributed by atoms with Crippen molar-refractivity contribution in [2.45, 2.75) is 34.6 Å². The quantitative estimate of drug-likeness (QED) is 0.801. The van der Waals surface area contributed by atoms with E-state index in [0.717, 1.165) is 10.3 Å². The number of nitrogens with zero attached hydrogens (tertiary/aromatic N) is 3. The largest absolute Gasteiger partial charge is 0.252 e. The van der Waals surface area contributed by atoms with Crippen molar-refractivity contribution in [3.8, 4) is 0 Å². The molecule has 0 aliphatic rings. The Hall–Kier alpha value is -1.65. The van der Waals surface area contributed by atoms with Gasteiger partial charge in [0, 0.05) is 6.08 Å². The summed E-state index contributed by atoms with van der Waals surface area (Å²) in [5, 5.41) is 7.29. The lowest BCUT2D eigenvalue weighted by Crippen LogP contribution is -2.13. The van der Waals surface area contributed by atoms with E-state index in [1.54, 1.807) is 19.1 Å². The van der Waals surface area contributed by atoms with Gasteiger partial charge in [-0.15, -0.1) is 14.9 Å².